The van der Waals surface area contributed by atoms with E-state index in [-0.39, 0.29) is 0 Å². The fourth-order valence-electron chi connectivity index (χ4n) is 4.65. The standard InChI is InChI=1S/C17H28N4/c1-12(2)10-17-19-13-11-18-7-5-14(13)21(17)16-6-9-20-8-3-4-15(16)20/h12,15-16,18H,3-11H2,1-2H3. The van der Waals surface area contributed by atoms with E-state index in [4.69, 9.17) is 4.98 Å². The maximum absolute atomic E-state index is 5.03. The average molecular weight is 288 g/mol. The summed E-state index contributed by atoms with van der Waals surface area (Å²) in [6.45, 7) is 9.32. The Morgan fingerprint density at radius 2 is 2.14 bits per heavy atom. The van der Waals surface area contributed by atoms with Crippen LogP contribution in [-0.4, -0.2) is 40.1 Å². The SMILES string of the molecule is CC(C)Cc1nc2c(n1C1CCN3CCCC13)CCNC2. The average Bonchev–Trinajstić information content (AvgIpc) is 3.11. The molecule has 0 saturated carbocycles. The Balaban J connectivity index is 1.73. The Labute approximate surface area is 127 Å². The minimum Gasteiger partial charge on any atom is -0.327 e. The second-order valence-corrected chi connectivity index (χ2v) is 7.42. The molecule has 0 aliphatic carbocycles. The first kappa shape index (κ1) is 13.8. The van der Waals surface area contributed by atoms with Gasteiger partial charge in [0, 0.05) is 44.2 Å². The lowest BCUT2D eigenvalue weighted by molar-refractivity contribution is 0.284. The summed E-state index contributed by atoms with van der Waals surface area (Å²) in [7, 11) is 0. The van der Waals surface area contributed by atoms with E-state index in [2.05, 4.69) is 28.6 Å². The van der Waals surface area contributed by atoms with Gasteiger partial charge in [-0.3, -0.25) is 4.90 Å². The van der Waals surface area contributed by atoms with E-state index in [1.54, 1.807) is 5.69 Å². The molecule has 4 nitrogen and oxygen atoms in total. The topological polar surface area (TPSA) is 33.1 Å². The molecule has 4 rings (SSSR count). The molecule has 3 aliphatic heterocycles. The van der Waals surface area contributed by atoms with Crippen LogP contribution >= 0.6 is 0 Å². The largest absolute Gasteiger partial charge is 0.327 e. The van der Waals surface area contributed by atoms with Crippen molar-refractivity contribution < 1.29 is 0 Å². The van der Waals surface area contributed by atoms with E-state index in [1.807, 2.05) is 0 Å². The fraction of sp³-hybridized carbons (Fsp3) is 0.824. The third-order valence-corrected chi connectivity index (χ3v) is 5.49. The Morgan fingerprint density at radius 3 is 3.00 bits per heavy atom. The zero-order chi connectivity index (χ0) is 14.4. The molecule has 0 amide bonds. The lowest BCUT2D eigenvalue weighted by atomic mass is 10.0. The number of hydrogen-bond acceptors (Lipinski definition) is 3. The number of nitrogens with one attached hydrogen (secondary N) is 1. The van der Waals surface area contributed by atoms with Crippen molar-refractivity contribution in [3.63, 3.8) is 0 Å². The number of hydrogen-bond donors (Lipinski definition) is 1. The van der Waals surface area contributed by atoms with Crippen LogP contribution < -0.4 is 5.32 Å². The van der Waals surface area contributed by atoms with Crippen LogP contribution in [0.25, 0.3) is 0 Å². The third kappa shape index (κ3) is 2.33. The summed E-state index contributed by atoms with van der Waals surface area (Å²) in [5.41, 5.74) is 2.87. The van der Waals surface area contributed by atoms with Gasteiger partial charge in [0.15, 0.2) is 0 Å². The highest BCUT2D eigenvalue weighted by molar-refractivity contribution is 5.23. The normalized spacial score (nSPS) is 29.1. The molecule has 0 radical (unpaired) electrons. The van der Waals surface area contributed by atoms with E-state index in [9.17, 15) is 0 Å². The maximum Gasteiger partial charge on any atom is 0.109 e. The summed E-state index contributed by atoms with van der Waals surface area (Å²) in [6, 6.07) is 1.47. The number of rotatable bonds is 3. The number of imidazole rings is 1. The van der Waals surface area contributed by atoms with E-state index in [1.165, 1.54) is 43.9 Å². The summed E-state index contributed by atoms with van der Waals surface area (Å²) < 4.78 is 2.69. The first-order valence-electron chi connectivity index (χ1n) is 8.77. The fourth-order valence-corrected chi connectivity index (χ4v) is 4.65. The molecule has 21 heavy (non-hydrogen) atoms. The number of fused-ring (bicyclic) bond motifs is 2. The van der Waals surface area contributed by atoms with Crippen LogP contribution in [0.1, 0.15) is 56.4 Å². The Morgan fingerprint density at radius 1 is 1.24 bits per heavy atom. The monoisotopic (exact) mass is 288 g/mol. The molecule has 2 saturated heterocycles. The van der Waals surface area contributed by atoms with Gasteiger partial charge in [-0.1, -0.05) is 13.8 Å². The van der Waals surface area contributed by atoms with Crippen molar-refractivity contribution in [2.24, 2.45) is 5.92 Å². The molecule has 3 aliphatic rings. The van der Waals surface area contributed by atoms with Gasteiger partial charge in [-0.05, 0) is 31.7 Å². The minimum atomic E-state index is 0.682. The molecule has 1 N–H and O–H groups in total. The molecule has 2 atom stereocenters. The number of nitrogens with zero attached hydrogens (tertiary/aromatic N) is 3. The van der Waals surface area contributed by atoms with Gasteiger partial charge in [0.25, 0.3) is 0 Å². The molecular formula is C17H28N4. The van der Waals surface area contributed by atoms with Gasteiger partial charge >= 0.3 is 0 Å². The molecule has 116 valence electrons. The van der Waals surface area contributed by atoms with Crippen molar-refractivity contribution >= 4 is 0 Å². The van der Waals surface area contributed by atoms with Gasteiger partial charge < -0.3 is 9.88 Å². The predicted molar refractivity (Wildman–Crippen MR) is 84.4 cm³/mol. The van der Waals surface area contributed by atoms with Crippen LogP contribution in [0.15, 0.2) is 0 Å². The third-order valence-electron chi connectivity index (χ3n) is 5.49. The zero-order valence-corrected chi connectivity index (χ0v) is 13.4. The molecule has 2 fully saturated rings. The lowest BCUT2D eigenvalue weighted by Crippen LogP contribution is -2.31. The Bertz CT molecular complexity index is 519. The Kier molecular flexibility index (Phi) is 3.54. The molecule has 0 spiro atoms. The molecular weight excluding hydrogens is 260 g/mol. The van der Waals surface area contributed by atoms with Crippen molar-refractivity contribution in [1.29, 1.82) is 0 Å². The molecule has 0 aromatic carbocycles. The molecule has 2 unspecified atom stereocenters. The van der Waals surface area contributed by atoms with Crippen LogP contribution in [0.4, 0.5) is 0 Å². The van der Waals surface area contributed by atoms with Gasteiger partial charge in [0.2, 0.25) is 0 Å². The smallest absolute Gasteiger partial charge is 0.109 e. The second-order valence-electron chi connectivity index (χ2n) is 7.42. The predicted octanol–water partition coefficient (Wildman–Crippen LogP) is 2.14. The van der Waals surface area contributed by atoms with Gasteiger partial charge in [-0.2, -0.15) is 0 Å². The van der Waals surface area contributed by atoms with E-state index >= 15 is 0 Å². The van der Waals surface area contributed by atoms with E-state index in [0.717, 1.165) is 32.0 Å². The second kappa shape index (κ2) is 5.40. The molecule has 1 aromatic heterocycles. The van der Waals surface area contributed by atoms with E-state index < -0.39 is 0 Å². The molecule has 1 aromatic rings. The van der Waals surface area contributed by atoms with Crippen LogP contribution in [0.5, 0.6) is 0 Å². The highest BCUT2D eigenvalue weighted by Gasteiger charge is 2.40. The van der Waals surface area contributed by atoms with Crippen molar-refractivity contribution in [2.45, 2.75) is 64.6 Å². The van der Waals surface area contributed by atoms with Gasteiger partial charge in [-0.25, -0.2) is 4.98 Å². The van der Waals surface area contributed by atoms with E-state index in [0.29, 0.717) is 12.0 Å². The quantitative estimate of drug-likeness (QED) is 0.925. The molecule has 4 heterocycles. The summed E-state index contributed by atoms with van der Waals surface area (Å²) in [6.07, 6.45) is 6.38. The van der Waals surface area contributed by atoms with Crippen molar-refractivity contribution in [2.75, 3.05) is 19.6 Å². The summed E-state index contributed by atoms with van der Waals surface area (Å²) in [4.78, 5) is 7.75. The zero-order valence-electron chi connectivity index (χ0n) is 13.4. The van der Waals surface area contributed by atoms with Crippen molar-refractivity contribution in [3.05, 3.63) is 17.2 Å². The molecule has 4 heteroatoms. The van der Waals surface area contributed by atoms with Gasteiger partial charge in [0.05, 0.1) is 11.7 Å². The lowest BCUT2D eigenvalue weighted by Gasteiger charge is -2.26. The van der Waals surface area contributed by atoms with Crippen LogP contribution in [0.2, 0.25) is 0 Å². The summed E-state index contributed by atoms with van der Waals surface area (Å²) >= 11 is 0. The summed E-state index contributed by atoms with van der Waals surface area (Å²) in [5, 5.41) is 3.49. The minimum absolute atomic E-state index is 0.682. The molecule has 0 bridgehead atoms. The van der Waals surface area contributed by atoms with Crippen LogP contribution in [0.3, 0.4) is 0 Å². The van der Waals surface area contributed by atoms with Gasteiger partial charge in [0.1, 0.15) is 5.82 Å². The van der Waals surface area contributed by atoms with Gasteiger partial charge in [-0.15, -0.1) is 0 Å². The summed E-state index contributed by atoms with van der Waals surface area (Å²) in [5.74, 6) is 2.04. The van der Waals surface area contributed by atoms with Crippen LogP contribution in [-0.2, 0) is 19.4 Å². The highest BCUT2D eigenvalue weighted by atomic mass is 15.3. The number of aromatic nitrogens is 2. The van der Waals surface area contributed by atoms with Crippen LogP contribution in [0, 0.1) is 5.92 Å². The first-order chi connectivity index (χ1) is 10.2. The Hall–Kier alpha value is -0.870. The maximum atomic E-state index is 5.03. The first-order valence-corrected chi connectivity index (χ1v) is 8.77. The van der Waals surface area contributed by atoms with Crippen molar-refractivity contribution in [3.8, 4) is 0 Å². The highest BCUT2D eigenvalue weighted by Crippen LogP contribution is 2.38. The van der Waals surface area contributed by atoms with Crippen molar-refractivity contribution in [1.82, 2.24) is 19.8 Å².